The molecule has 0 aromatic heterocycles. The second-order valence-electron chi connectivity index (χ2n) is 6.86. The summed E-state index contributed by atoms with van der Waals surface area (Å²) in [5, 5.41) is 5.24. The highest BCUT2D eigenvalue weighted by atomic mass is 16.1. The highest BCUT2D eigenvalue weighted by Crippen LogP contribution is 2.46. The molecule has 0 saturated heterocycles. The van der Waals surface area contributed by atoms with Crippen LogP contribution in [0, 0.1) is 5.92 Å². The van der Waals surface area contributed by atoms with Gasteiger partial charge >= 0.3 is 0 Å². The molecule has 1 heteroatoms. The van der Waals surface area contributed by atoms with Crippen LogP contribution < -0.4 is 0 Å². The number of hydrogen-bond acceptors (Lipinski definition) is 1. The lowest BCUT2D eigenvalue weighted by Crippen LogP contribution is -2.24. The van der Waals surface area contributed by atoms with Gasteiger partial charge < -0.3 is 0 Å². The summed E-state index contributed by atoms with van der Waals surface area (Å²) >= 11 is 0. The van der Waals surface area contributed by atoms with Gasteiger partial charge in [-0.25, -0.2) is 0 Å². The first-order chi connectivity index (χ1) is 11.3. The van der Waals surface area contributed by atoms with E-state index in [1.807, 2.05) is 0 Å². The van der Waals surface area contributed by atoms with Crippen LogP contribution in [-0.2, 0) is 4.79 Å². The topological polar surface area (TPSA) is 17.1 Å². The van der Waals surface area contributed by atoms with E-state index in [4.69, 9.17) is 0 Å². The molecule has 5 rings (SSSR count). The van der Waals surface area contributed by atoms with E-state index in [2.05, 4.69) is 60.7 Å². The van der Waals surface area contributed by atoms with E-state index in [1.54, 1.807) is 0 Å². The van der Waals surface area contributed by atoms with Crippen LogP contribution in [0.25, 0.3) is 27.6 Å². The summed E-state index contributed by atoms with van der Waals surface area (Å²) in [5.74, 6) is 1.29. The Kier molecular flexibility index (Phi) is 2.72. The van der Waals surface area contributed by atoms with Crippen molar-refractivity contribution in [3.63, 3.8) is 0 Å². The first-order valence-corrected chi connectivity index (χ1v) is 8.45. The van der Waals surface area contributed by atoms with Gasteiger partial charge in [0.2, 0.25) is 0 Å². The van der Waals surface area contributed by atoms with Gasteiger partial charge in [-0.2, -0.15) is 0 Å². The Morgan fingerprint density at radius 1 is 0.913 bits per heavy atom. The first kappa shape index (κ1) is 13.1. The van der Waals surface area contributed by atoms with E-state index in [0.29, 0.717) is 24.0 Å². The van der Waals surface area contributed by atoms with Crippen LogP contribution in [0.15, 0.2) is 54.6 Å². The lowest BCUT2D eigenvalue weighted by Gasteiger charge is -2.34. The van der Waals surface area contributed by atoms with Crippen LogP contribution in [0.4, 0.5) is 0 Å². The van der Waals surface area contributed by atoms with Gasteiger partial charge in [-0.1, -0.05) is 60.7 Å². The van der Waals surface area contributed by atoms with E-state index in [9.17, 15) is 4.79 Å². The van der Waals surface area contributed by atoms with Crippen molar-refractivity contribution >= 4 is 33.4 Å². The van der Waals surface area contributed by atoms with E-state index in [0.717, 1.165) is 12.8 Å². The lowest BCUT2D eigenvalue weighted by atomic mass is 9.69. The molecule has 112 valence electrons. The minimum absolute atomic E-state index is 0.353. The molecule has 0 heterocycles. The number of carbonyl (C=O) groups excluding carboxylic acids is 1. The molecule has 23 heavy (non-hydrogen) atoms. The second-order valence-corrected chi connectivity index (χ2v) is 6.86. The zero-order valence-electron chi connectivity index (χ0n) is 13.0. The third-order valence-electron chi connectivity index (χ3n) is 5.60. The van der Waals surface area contributed by atoms with E-state index in [1.165, 1.54) is 32.7 Å². The summed E-state index contributed by atoms with van der Waals surface area (Å²) in [6.07, 6.45) is 7.04. The fraction of sp³-hybridized carbons (Fsp3) is 0.227. The molecule has 3 aromatic carbocycles. The minimum Gasteiger partial charge on any atom is -0.300 e. The molecule has 3 aromatic rings. The monoisotopic (exact) mass is 298 g/mol. The van der Waals surface area contributed by atoms with Crippen LogP contribution in [0.5, 0.6) is 0 Å². The third-order valence-corrected chi connectivity index (χ3v) is 5.60. The Morgan fingerprint density at radius 3 is 2.70 bits per heavy atom. The molecule has 2 atom stereocenters. The van der Waals surface area contributed by atoms with Gasteiger partial charge in [-0.3, -0.25) is 4.79 Å². The van der Waals surface area contributed by atoms with Crippen molar-refractivity contribution in [1.29, 1.82) is 0 Å². The number of benzene rings is 3. The van der Waals surface area contributed by atoms with Gasteiger partial charge in [0.1, 0.15) is 5.78 Å². The Labute approximate surface area is 135 Å². The van der Waals surface area contributed by atoms with Crippen molar-refractivity contribution in [1.82, 2.24) is 0 Å². The van der Waals surface area contributed by atoms with Crippen molar-refractivity contribution in [2.75, 3.05) is 0 Å². The molecule has 1 saturated carbocycles. The minimum atomic E-state index is 0.353. The summed E-state index contributed by atoms with van der Waals surface area (Å²) < 4.78 is 0. The molecule has 0 amide bonds. The fourth-order valence-corrected chi connectivity index (χ4v) is 4.49. The summed E-state index contributed by atoms with van der Waals surface area (Å²) in [6.45, 7) is 0. The SMILES string of the molecule is O=C1CC[C@H]2C=Cc3ccc4ccc5ccccc5c4c3[C@H]2C1. The molecule has 0 spiro atoms. The van der Waals surface area contributed by atoms with Gasteiger partial charge in [0.25, 0.3) is 0 Å². The van der Waals surface area contributed by atoms with E-state index in [-0.39, 0.29) is 0 Å². The van der Waals surface area contributed by atoms with Crippen molar-refractivity contribution < 1.29 is 4.79 Å². The Bertz CT molecular complexity index is 980. The number of fused-ring (bicyclic) bond motifs is 7. The smallest absolute Gasteiger partial charge is 0.133 e. The summed E-state index contributed by atoms with van der Waals surface area (Å²) in [7, 11) is 0. The van der Waals surface area contributed by atoms with Crippen molar-refractivity contribution in [2.24, 2.45) is 5.92 Å². The molecule has 0 bridgehead atoms. The Hall–Kier alpha value is -2.41. The van der Waals surface area contributed by atoms with Gasteiger partial charge in [0.15, 0.2) is 0 Å². The van der Waals surface area contributed by atoms with Gasteiger partial charge in [-0.05, 0) is 50.9 Å². The maximum atomic E-state index is 12.1. The molecule has 0 radical (unpaired) electrons. The number of rotatable bonds is 0. The maximum absolute atomic E-state index is 12.1. The standard InChI is InChI=1S/C22H18O/c23-18-12-11-15-6-8-17-10-9-16-7-5-14-3-1-2-4-19(14)21(16)22(17)20(15)13-18/h1-10,15,20H,11-13H2/t15-,20+/m1/s1. The number of ketones is 1. The Balaban J connectivity index is 1.89. The third kappa shape index (κ3) is 1.89. The van der Waals surface area contributed by atoms with Crippen LogP contribution in [0.3, 0.4) is 0 Å². The largest absolute Gasteiger partial charge is 0.300 e. The second kappa shape index (κ2) is 4.79. The van der Waals surface area contributed by atoms with Crippen LogP contribution in [0.1, 0.15) is 36.3 Å². The van der Waals surface area contributed by atoms with Crippen molar-refractivity contribution in [3.05, 3.63) is 65.7 Å². The highest BCUT2D eigenvalue weighted by Gasteiger charge is 2.33. The highest BCUT2D eigenvalue weighted by molar-refractivity contribution is 6.10. The molecular formula is C22H18O. The lowest BCUT2D eigenvalue weighted by molar-refractivity contribution is -0.121. The molecule has 0 unspecified atom stereocenters. The van der Waals surface area contributed by atoms with Crippen LogP contribution in [-0.4, -0.2) is 5.78 Å². The average molecular weight is 298 g/mol. The molecule has 0 aliphatic heterocycles. The van der Waals surface area contributed by atoms with Crippen LogP contribution >= 0.6 is 0 Å². The zero-order valence-corrected chi connectivity index (χ0v) is 13.0. The van der Waals surface area contributed by atoms with Crippen molar-refractivity contribution in [2.45, 2.75) is 25.2 Å². The molecule has 1 fully saturated rings. The Morgan fingerprint density at radius 2 is 1.74 bits per heavy atom. The first-order valence-electron chi connectivity index (χ1n) is 8.45. The average Bonchev–Trinajstić information content (AvgIpc) is 2.60. The fourth-order valence-electron chi connectivity index (χ4n) is 4.49. The van der Waals surface area contributed by atoms with E-state index >= 15 is 0 Å². The van der Waals surface area contributed by atoms with Crippen molar-refractivity contribution in [3.8, 4) is 0 Å². The number of hydrogen-bond donors (Lipinski definition) is 0. The quantitative estimate of drug-likeness (QED) is 0.503. The molecule has 0 N–H and O–H groups in total. The van der Waals surface area contributed by atoms with Gasteiger partial charge in [0.05, 0.1) is 0 Å². The van der Waals surface area contributed by atoms with Gasteiger partial charge in [-0.15, -0.1) is 0 Å². The summed E-state index contributed by atoms with van der Waals surface area (Å²) in [6, 6.07) is 17.5. The normalized spacial score (nSPS) is 23.0. The molecule has 2 aliphatic rings. The maximum Gasteiger partial charge on any atom is 0.133 e. The van der Waals surface area contributed by atoms with Gasteiger partial charge in [0, 0.05) is 12.8 Å². The van der Waals surface area contributed by atoms with E-state index < -0.39 is 0 Å². The molecule has 1 nitrogen and oxygen atoms in total. The molecule has 2 aliphatic carbocycles. The number of carbonyl (C=O) groups is 1. The number of Topliss-reactive ketones (excluding diaryl/α,β-unsaturated/α-hetero) is 1. The predicted octanol–water partition coefficient (Wildman–Crippen LogP) is 5.47. The zero-order chi connectivity index (χ0) is 15.4. The summed E-state index contributed by atoms with van der Waals surface area (Å²) in [4.78, 5) is 12.1. The van der Waals surface area contributed by atoms with Crippen LogP contribution in [0.2, 0.25) is 0 Å². The predicted molar refractivity (Wildman–Crippen MR) is 95.6 cm³/mol. The summed E-state index contributed by atoms with van der Waals surface area (Å²) in [5.41, 5.74) is 2.70. The number of allylic oxidation sites excluding steroid dienone is 1. The molecular weight excluding hydrogens is 280 g/mol.